The molecule has 1 saturated carbocycles. The van der Waals surface area contributed by atoms with Crippen LogP contribution in [0.3, 0.4) is 0 Å². The van der Waals surface area contributed by atoms with Crippen molar-refractivity contribution >= 4 is 23.2 Å². The molecule has 0 radical (unpaired) electrons. The standard InChI is InChI=1S/C29H31F4N7O3/c1-28(42)13-18(14-28)40-26(35)20(15-34)25(38-40)16-3-5-23(22(30)11-16)37-27(41)36-17-4-6-24(21(12-17)29(31,32)33)43-19-7-9-39(2)10-8-19/h3-6,11-12,18-19,42H,7-10,13-14,35H2,1-2H3,(H2,36,37,41). The van der Waals surface area contributed by atoms with Gasteiger partial charge in [0, 0.05) is 24.3 Å². The van der Waals surface area contributed by atoms with Crippen molar-refractivity contribution in [2.24, 2.45) is 0 Å². The monoisotopic (exact) mass is 601 g/mol. The summed E-state index contributed by atoms with van der Waals surface area (Å²) in [5.41, 5.74) is 4.24. The minimum absolute atomic E-state index is 0.0492. The lowest BCUT2D eigenvalue weighted by atomic mass is 9.77. The number of nitrogen functional groups attached to an aromatic ring is 1. The number of amides is 2. The molecule has 2 amide bonds. The van der Waals surface area contributed by atoms with Gasteiger partial charge in [-0.05, 0) is 70.0 Å². The van der Waals surface area contributed by atoms with Gasteiger partial charge in [-0.25, -0.2) is 13.9 Å². The number of hydrogen-bond donors (Lipinski definition) is 4. The Hall–Kier alpha value is -4.35. The Morgan fingerprint density at radius 2 is 1.88 bits per heavy atom. The highest BCUT2D eigenvalue weighted by molar-refractivity contribution is 6.00. The van der Waals surface area contributed by atoms with Crippen LogP contribution in [0.4, 0.5) is 39.5 Å². The van der Waals surface area contributed by atoms with Crippen LogP contribution in [0, 0.1) is 17.1 Å². The van der Waals surface area contributed by atoms with Gasteiger partial charge in [-0.15, -0.1) is 0 Å². The quantitative estimate of drug-likeness (QED) is 0.279. The summed E-state index contributed by atoms with van der Waals surface area (Å²) < 4.78 is 63.6. The molecule has 2 heterocycles. The van der Waals surface area contributed by atoms with Crippen molar-refractivity contribution in [3.8, 4) is 23.1 Å². The molecule has 5 N–H and O–H groups in total. The predicted molar refractivity (Wildman–Crippen MR) is 151 cm³/mol. The molecule has 228 valence electrons. The fraction of sp³-hybridized carbons (Fsp3) is 0.414. The first kappa shape index (κ1) is 30.1. The number of nitriles is 1. The Morgan fingerprint density at radius 3 is 2.49 bits per heavy atom. The molecule has 14 heteroatoms. The lowest BCUT2D eigenvalue weighted by molar-refractivity contribution is -0.139. The zero-order chi connectivity index (χ0) is 31.1. The second-order valence-electron chi connectivity index (χ2n) is 11.3. The largest absolute Gasteiger partial charge is 0.490 e. The zero-order valence-electron chi connectivity index (χ0n) is 23.5. The molecule has 10 nitrogen and oxygen atoms in total. The summed E-state index contributed by atoms with van der Waals surface area (Å²) in [4.78, 5) is 14.7. The van der Waals surface area contributed by atoms with E-state index in [1.165, 1.54) is 22.9 Å². The van der Waals surface area contributed by atoms with Gasteiger partial charge in [0.25, 0.3) is 0 Å². The summed E-state index contributed by atoms with van der Waals surface area (Å²) in [5.74, 6) is -1.09. The summed E-state index contributed by atoms with van der Waals surface area (Å²) in [7, 11) is 1.93. The number of nitrogens with two attached hydrogens (primary N) is 1. The van der Waals surface area contributed by atoms with Gasteiger partial charge in [-0.3, -0.25) is 0 Å². The van der Waals surface area contributed by atoms with Crippen molar-refractivity contribution in [3.05, 3.63) is 53.3 Å². The Labute approximate surface area is 245 Å². The van der Waals surface area contributed by atoms with Crippen LogP contribution >= 0.6 is 0 Å². The number of likely N-dealkylation sites (tertiary alicyclic amines) is 1. The molecule has 43 heavy (non-hydrogen) atoms. The molecular formula is C29H31F4N7O3. The number of aromatic nitrogens is 2. The Morgan fingerprint density at radius 1 is 1.19 bits per heavy atom. The number of carbonyl (C=O) groups excluding carboxylic acids is 1. The number of aliphatic hydroxyl groups is 1. The van der Waals surface area contributed by atoms with Crippen LogP contribution < -0.4 is 21.1 Å². The molecule has 3 aromatic rings. The number of benzene rings is 2. The van der Waals surface area contributed by atoms with Gasteiger partial charge in [-0.1, -0.05) is 6.07 Å². The van der Waals surface area contributed by atoms with Crippen molar-refractivity contribution in [2.45, 2.75) is 56.5 Å². The third-order valence-electron chi connectivity index (χ3n) is 7.75. The minimum atomic E-state index is -4.73. The average Bonchev–Trinajstić information content (AvgIpc) is 3.25. The minimum Gasteiger partial charge on any atom is -0.490 e. The number of anilines is 3. The molecule has 2 fully saturated rings. The third-order valence-corrected chi connectivity index (χ3v) is 7.75. The molecule has 1 saturated heterocycles. The molecule has 1 aromatic heterocycles. The van der Waals surface area contributed by atoms with Crippen LogP contribution in [0.25, 0.3) is 11.3 Å². The molecule has 0 unspecified atom stereocenters. The molecule has 5 rings (SSSR count). The van der Waals surface area contributed by atoms with Gasteiger partial charge in [0.05, 0.1) is 22.9 Å². The van der Waals surface area contributed by atoms with E-state index in [0.717, 1.165) is 18.2 Å². The van der Waals surface area contributed by atoms with E-state index in [2.05, 4.69) is 20.6 Å². The van der Waals surface area contributed by atoms with E-state index in [-0.39, 0.29) is 51.9 Å². The van der Waals surface area contributed by atoms with Crippen molar-refractivity contribution < 1.29 is 32.2 Å². The Bertz CT molecular complexity index is 1570. The van der Waals surface area contributed by atoms with E-state index in [0.29, 0.717) is 38.8 Å². The highest BCUT2D eigenvalue weighted by Gasteiger charge is 2.41. The number of halogens is 4. The number of alkyl halides is 3. The smallest absolute Gasteiger partial charge is 0.420 e. The van der Waals surface area contributed by atoms with Gasteiger partial charge in [0.15, 0.2) is 0 Å². The fourth-order valence-electron chi connectivity index (χ4n) is 5.43. The van der Waals surface area contributed by atoms with Gasteiger partial charge in [0.1, 0.15) is 40.8 Å². The first-order valence-corrected chi connectivity index (χ1v) is 13.7. The lowest BCUT2D eigenvalue weighted by Gasteiger charge is -2.41. The SMILES string of the molecule is CN1CCC(Oc2ccc(NC(=O)Nc3ccc(-c4nn(C5CC(C)(O)C5)c(N)c4C#N)cc3F)cc2C(F)(F)F)CC1. The first-order valence-electron chi connectivity index (χ1n) is 13.7. The van der Waals surface area contributed by atoms with Crippen molar-refractivity contribution in [3.63, 3.8) is 0 Å². The van der Waals surface area contributed by atoms with Gasteiger partial charge in [-0.2, -0.15) is 23.5 Å². The van der Waals surface area contributed by atoms with E-state index < -0.39 is 29.2 Å². The number of piperidine rings is 1. The van der Waals surface area contributed by atoms with Gasteiger partial charge >= 0.3 is 12.2 Å². The second-order valence-corrected chi connectivity index (χ2v) is 11.3. The summed E-state index contributed by atoms with van der Waals surface area (Å²) in [6, 6.07) is 7.76. The maximum absolute atomic E-state index is 15.0. The molecule has 0 atom stereocenters. The highest BCUT2D eigenvalue weighted by atomic mass is 19.4. The zero-order valence-corrected chi connectivity index (χ0v) is 23.5. The Kier molecular flexibility index (Phi) is 7.97. The van der Waals surface area contributed by atoms with Crippen molar-refractivity contribution in [1.82, 2.24) is 14.7 Å². The summed E-state index contributed by atoms with van der Waals surface area (Å²) in [5, 5.41) is 28.7. The van der Waals surface area contributed by atoms with Crippen LogP contribution in [0.5, 0.6) is 5.75 Å². The van der Waals surface area contributed by atoms with E-state index in [9.17, 15) is 28.3 Å². The van der Waals surface area contributed by atoms with Crippen molar-refractivity contribution in [2.75, 3.05) is 36.5 Å². The second kappa shape index (κ2) is 11.4. The van der Waals surface area contributed by atoms with Crippen LogP contribution in [0.1, 0.15) is 49.8 Å². The molecule has 0 spiro atoms. The molecule has 1 aliphatic heterocycles. The number of nitrogens with one attached hydrogen (secondary N) is 2. The van der Waals surface area contributed by atoms with Crippen LogP contribution in [-0.2, 0) is 6.18 Å². The normalized spacial score (nSPS) is 21.1. The van der Waals surface area contributed by atoms with Crippen LogP contribution in [0.15, 0.2) is 36.4 Å². The van der Waals surface area contributed by atoms with Crippen LogP contribution in [-0.4, -0.2) is 57.7 Å². The number of carbonyl (C=O) groups is 1. The maximum Gasteiger partial charge on any atom is 0.420 e. The first-order chi connectivity index (χ1) is 20.2. The highest BCUT2D eigenvalue weighted by Crippen LogP contribution is 2.43. The lowest BCUT2D eigenvalue weighted by Crippen LogP contribution is -2.42. The number of urea groups is 1. The summed E-state index contributed by atoms with van der Waals surface area (Å²) >= 11 is 0. The molecule has 2 aromatic carbocycles. The van der Waals surface area contributed by atoms with Crippen molar-refractivity contribution in [1.29, 1.82) is 5.26 Å². The van der Waals surface area contributed by atoms with E-state index >= 15 is 4.39 Å². The average molecular weight is 602 g/mol. The number of nitrogens with zero attached hydrogens (tertiary/aromatic N) is 4. The maximum atomic E-state index is 15.0. The predicted octanol–water partition coefficient (Wildman–Crippen LogP) is 5.36. The number of rotatable bonds is 6. The number of ether oxygens (including phenoxy) is 1. The van der Waals surface area contributed by atoms with Gasteiger partial charge < -0.3 is 31.1 Å². The molecule has 1 aliphatic carbocycles. The van der Waals surface area contributed by atoms with E-state index in [1.54, 1.807) is 6.92 Å². The molecule has 0 bridgehead atoms. The molecule has 2 aliphatic rings. The number of hydrogen-bond acceptors (Lipinski definition) is 7. The Balaban J connectivity index is 1.29. The fourth-order valence-corrected chi connectivity index (χ4v) is 5.43. The van der Waals surface area contributed by atoms with E-state index in [4.69, 9.17) is 10.5 Å². The van der Waals surface area contributed by atoms with E-state index in [1.807, 2.05) is 13.1 Å². The third kappa shape index (κ3) is 6.52. The summed E-state index contributed by atoms with van der Waals surface area (Å²) in [6.45, 7) is 3.11. The van der Waals surface area contributed by atoms with Crippen LogP contribution in [0.2, 0.25) is 0 Å². The topological polar surface area (TPSA) is 141 Å². The summed E-state index contributed by atoms with van der Waals surface area (Å²) in [6.07, 6.45) is -3.10. The molecular weight excluding hydrogens is 570 g/mol. The van der Waals surface area contributed by atoms with Gasteiger partial charge in [0.2, 0.25) is 0 Å².